The van der Waals surface area contributed by atoms with Crippen molar-refractivity contribution in [1.82, 2.24) is 34.0 Å². The fourth-order valence-electron chi connectivity index (χ4n) is 4.88. The standard InChI is InChI=1S/C27H26N10O3/c1-29-23-16-21-25(32-27(28)37-26(21)31-24(33-37)22-4-2-3-9-30-22)36(23)15-12-34-10-13-35(14-11-34)19-5-7-20(8-6-19)40-18-39-17-38/h2-9,16-17H,10-15,18H2,(H2,28,32). The normalized spacial score (nSPS) is 13.9. The Morgan fingerprint density at radius 3 is 2.58 bits per heavy atom. The number of carbonyl (C=O) groups excluding carboxylic acids is 1. The summed E-state index contributed by atoms with van der Waals surface area (Å²) >= 11 is 0. The van der Waals surface area contributed by atoms with Crippen molar-refractivity contribution < 1.29 is 14.3 Å². The Labute approximate surface area is 229 Å². The zero-order valence-corrected chi connectivity index (χ0v) is 21.6. The first-order valence-electron chi connectivity index (χ1n) is 12.7. The van der Waals surface area contributed by atoms with Crippen molar-refractivity contribution in [2.75, 3.05) is 50.2 Å². The Kier molecular flexibility index (Phi) is 6.82. The summed E-state index contributed by atoms with van der Waals surface area (Å²) in [6, 6.07) is 15.1. The first-order valence-corrected chi connectivity index (χ1v) is 12.7. The molecule has 1 saturated heterocycles. The van der Waals surface area contributed by atoms with E-state index in [1.807, 2.05) is 47.0 Å². The van der Waals surface area contributed by atoms with Crippen LogP contribution in [0.3, 0.4) is 0 Å². The van der Waals surface area contributed by atoms with Crippen LogP contribution in [0, 0.1) is 6.57 Å². The highest BCUT2D eigenvalue weighted by Gasteiger charge is 2.22. The fraction of sp³-hybridized carbons (Fsp3) is 0.259. The highest BCUT2D eigenvalue weighted by Crippen LogP contribution is 2.30. The predicted molar refractivity (Wildman–Crippen MR) is 148 cm³/mol. The average molecular weight is 539 g/mol. The molecular formula is C27H26N10O3. The van der Waals surface area contributed by atoms with E-state index in [2.05, 4.69) is 39.4 Å². The van der Waals surface area contributed by atoms with Crippen LogP contribution in [0.2, 0.25) is 0 Å². The van der Waals surface area contributed by atoms with Crippen LogP contribution >= 0.6 is 0 Å². The van der Waals surface area contributed by atoms with Crippen molar-refractivity contribution >= 4 is 40.6 Å². The van der Waals surface area contributed by atoms with Gasteiger partial charge in [0.15, 0.2) is 5.65 Å². The minimum Gasteiger partial charge on any atom is -0.457 e. The van der Waals surface area contributed by atoms with Gasteiger partial charge in [-0.3, -0.25) is 19.2 Å². The monoisotopic (exact) mass is 538 g/mol. The number of aromatic nitrogens is 6. The number of nitrogen functional groups attached to an aromatic ring is 1. The molecule has 0 spiro atoms. The van der Waals surface area contributed by atoms with Crippen LogP contribution in [0.1, 0.15) is 0 Å². The van der Waals surface area contributed by atoms with E-state index in [9.17, 15) is 4.79 Å². The van der Waals surface area contributed by atoms with Gasteiger partial charge in [0.1, 0.15) is 11.4 Å². The number of benzene rings is 1. The summed E-state index contributed by atoms with van der Waals surface area (Å²) < 4.78 is 13.3. The summed E-state index contributed by atoms with van der Waals surface area (Å²) in [5.74, 6) is 1.78. The van der Waals surface area contributed by atoms with Gasteiger partial charge in [0, 0.05) is 44.6 Å². The largest absolute Gasteiger partial charge is 0.457 e. The van der Waals surface area contributed by atoms with Crippen LogP contribution in [-0.4, -0.2) is 80.0 Å². The zero-order valence-electron chi connectivity index (χ0n) is 21.6. The first kappa shape index (κ1) is 25.1. The third kappa shape index (κ3) is 4.83. The molecule has 0 radical (unpaired) electrons. The van der Waals surface area contributed by atoms with Gasteiger partial charge in [-0.15, -0.1) is 5.10 Å². The number of hydrogen-bond donors (Lipinski definition) is 1. The summed E-state index contributed by atoms with van der Waals surface area (Å²) in [5.41, 5.74) is 9.19. The quantitative estimate of drug-likeness (QED) is 0.129. The number of carbonyl (C=O) groups is 1. The van der Waals surface area contributed by atoms with Gasteiger partial charge < -0.3 is 25.0 Å². The molecule has 5 aromatic rings. The van der Waals surface area contributed by atoms with Gasteiger partial charge in [-0.2, -0.15) is 9.50 Å². The van der Waals surface area contributed by atoms with Crippen LogP contribution in [-0.2, 0) is 16.1 Å². The molecule has 1 aliphatic rings. The number of nitrogens with zero attached hydrogens (tertiary/aromatic N) is 9. The molecule has 1 aliphatic heterocycles. The molecule has 4 aromatic heterocycles. The topological polar surface area (TPSA) is 133 Å². The lowest BCUT2D eigenvalue weighted by Gasteiger charge is -2.36. The highest BCUT2D eigenvalue weighted by molar-refractivity contribution is 5.94. The van der Waals surface area contributed by atoms with Crippen LogP contribution < -0.4 is 15.4 Å². The van der Waals surface area contributed by atoms with Crippen molar-refractivity contribution in [2.24, 2.45) is 0 Å². The van der Waals surface area contributed by atoms with Gasteiger partial charge >= 0.3 is 0 Å². The summed E-state index contributed by atoms with van der Waals surface area (Å²) in [4.78, 5) is 32.3. The summed E-state index contributed by atoms with van der Waals surface area (Å²) in [6.45, 7) is 12.9. The fourth-order valence-corrected chi connectivity index (χ4v) is 4.88. The minimum atomic E-state index is -0.106. The number of rotatable bonds is 9. The Morgan fingerprint density at radius 2 is 1.85 bits per heavy atom. The molecule has 0 aliphatic carbocycles. The molecule has 5 heterocycles. The van der Waals surface area contributed by atoms with Gasteiger partial charge in [0.25, 0.3) is 6.47 Å². The van der Waals surface area contributed by atoms with Crippen molar-refractivity contribution in [3.8, 4) is 17.3 Å². The Bertz CT molecular complexity index is 1680. The zero-order chi connectivity index (χ0) is 27.5. The third-order valence-electron chi connectivity index (χ3n) is 6.92. The van der Waals surface area contributed by atoms with Crippen molar-refractivity contribution in [2.45, 2.75) is 6.54 Å². The molecule has 0 bridgehead atoms. The van der Waals surface area contributed by atoms with Gasteiger partial charge in [-0.05, 0) is 42.5 Å². The molecule has 6 rings (SSSR count). The number of nitrogens with two attached hydrogens (primary N) is 1. The van der Waals surface area contributed by atoms with Crippen LogP contribution in [0.15, 0.2) is 54.7 Å². The van der Waals surface area contributed by atoms with Gasteiger partial charge in [-0.25, -0.2) is 4.98 Å². The maximum absolute atomic E-state index is 10.2. The lowest BCUT2D eigenvalue weighted by atomic mass is 10.2. The molecule has 0 amide bonds. The van der Waals surface area contributed by atoms with Crippen molar-refractivity contribution in [1.29, 1.82) is 0 Å². The van der Waals surface area contributed by atoms with Gasteiger partial charge in [0.2, 0.25) is 30.0 Å². The Balaban J connectivity index is 1.15. The average Bonchev–Trinajstić information content (AvgIpc) is 3.60. The van der Waals surface area contributed by atoms with Crippen LogP contribution in [0.5, 0.6) is 5.75 Å². The number of ether oxygens (including phenoxy) is 2. The molecule has 1 aromatic carbocycles. The molecule has 40 heavy (non-hydrogen) atoms. The van der Waals surface area contributed by atoms with Crippen molar-refractivity contribution in [3.05, 3.63) is 66.1 Å². The van der Waals surface area contributed by atoms with Gasteiger partial charge in [-0.1, -0.05) is 12.6 Å². The lowest BCUT2D eigenvalue weighted by molar-refractivity contribution is -0.134. The van der Waals surface area contributed by atoms with E-state index in [1.165, 1.54) is 4.52 Å². The van der Waals surface area contributed by atoms with Crippen LogP contribution in [0.25, 0.3) is 33.0 Å². The number of fused-ring (bicyclic) bond motifs is 3. The molecule has 2 N–H and O–H groups in total. The molecule has 202 valence electrons. The second-order valence-electron chi connectivity index (χ2n) is 9.21. The SMILES string of the molecule is [C-]#[N+]c1cc2c(nc(N)n3nc(-c4ccccn4)nc23)n1CCN1CCN(c2ccc(OCOC=O)cc2)CC1. The van der Waals surface area contributed by atoms with E-state index in [0.29, 0.717) is 47.4 Å². The second kappa shape index (κ2) is 10.9. The Hall–Kier alpha value is -5.22. The molecule has 13 heteroatoms. The number of pyridine rings is 1. The maximum Gasteiger partial charge on any atom is 0.295 e. The van der Waals surface area contributed by atoms with E-state index in [1.54, 1.807) is 12.3 Å². The Morgan fingerprint density at radius 1 is 1.02 bits per heavy atom. The van der Waals surface area contributed by atoms with E-state index < -0.39 is 0 Å². The third-order valence-corrected chi connectivity index (χ3v) is 6.92. The highest BCUT2D eigenvalue weighted by atomic mass is 16.7. The predicted octanol–water partition coefficient (Wildman–Crippen LogP) is 2.61. The van der Waals surface area contributed by atoms with E-state index in [-0.39, 0.29) is 12.7 Å². The lowest BCUT2D eigenvalue weighted by Crippen LogP contribution is -2.47. The number of anilines is 2. The summed E-state index contributed by atoms with van der Waals surface area (Å²) in [5, 5.41) is 5.23. The van der Waals surface area contributed by atoms with Gasteiger partial charge in [0.05, 0.1) is 11.9 Å². The van der Waals surface area contributed by atoms with Crippen LogP contribution in [0.4, 0.5) is 17.5 Å². The first-order chi connectivity index (χ1) is 19.6. The molecule has 0 atom stereocenters. The molecule has 13 nitrogen and oxygen atoms in total. The summed E-state index contributed by atoms with van der Waals surface area (Å²) in [7, 11) is 0. The minimum absolute atomic E-state index is 0.106. The van der Waals surface area contributed by atoms with Crippen molar-refractivity contribution in [3.63, 3.8) is 0 Å². The number of piperazine rings is 1. The smallest absolute Gasteiger partial charge is 0.295 e. The van der Waals surface area contributed by atoms with E-state index in [4.69, 9.17) is 17.0 Å². The summed E-state index contributed by atoms with van der Waals surface area (Å²) in [6.07, 6.45) is 1.69. The number of hydrogen-bond acceptors (Lipinski definition) is 10. The molecule has 0 saturated carbocycles. The molecule has 0 unspecified atom stereocenters. The molecule has 1 fully saturated rings. The maximum atomic E-state index is 10.2. The second-order valence-corrected chi connectivity index (χ2v) is 9.21. The van der Waals surface area contributed by atoms with E-state index in [0.717, 1.165) is 43.8 Å². The van der Waals surface area contributed by atoms with E-state index >= 15 is 0 Å². The molecular weight excluding hydrogens is 512 g/mol.